The Kier molecular flexibility index (Phi) is 4.02. The molecule has 0 aliphatic carbocycles. The highest BCUT2D eigenvalue weighted by molar-refractivity contribution is 9.10. The summed E-state index contributed by atoms with van der Waals surface area (Å²) in [5, 5.41) is -0.0778. The van der Waals surface area contributed by atoms with Gasteiger partial charge < -0.3 is 0 Å². The first-order valence-corrected chi connectivity index (χ1v) is 7.50. The second-order valence-corrected chi connectivity index (χ2v) is 6.26. The summed E-state index contributed by atoms with van der Waals surface area (Å²) in [7, 11) is -3.98. The Labute approximate surface area is 122 Å². The molecule has 0 amide bonds. The van der Waals surface area contributed by atoms with Crippen molar-refractivity contribution in [1.82, 2.24) is 9.97 Å². The zero-order valence-electron chi connectivity index (χ0n) is 9.14. The molecule has 2 rings (SSSR count). The highest BCUT2D eigenvalue weighted by Gasteiger charge is 2.19. The van der Waals surface area contributed by atoms with E-state index in [1.807, 2.05) is 0 Å². The number of rotatable bonds is 3. The Morgan fingerprint density at radius 3 is 2.47 bits per heavy atom. The molecule has 1 heterocycles. The number of anilines is 1. The van der Waals surface area contributed by atoms with Gasteiger partial charge in [-0.3, -0.25) is 4.72 Å². The van der Waals surface area contributed by atoms with Crippen LogP contribution in [0.5, 0.6) is 0 Å². The molecule has 0 unspecified atom stereocenters. The third-order valence-electron chi connectivity index (χ3n) is 2.11. The van der Waals surface area contributed by atoms with E-state index in [1.54, 1.807) is 0 Å². The van der Waals surface area contributed by atoms with Gasteiger partial charge in [0.25, 0.3) is 10.0 Å². The van der Waals surface area contributed by atoms with E-state index in [0.29, 0.717) is 0 Å². The SMILES string of the molecule is O=S(=O)(Nc1c(F)cccc1Br)c1cnc(Cl)nc1. The smallest absolute Gasteiger partial charge is 0.265 e. The van der Waals surface area contributed by atoms with Crippen LogP contribution in [0.25, 0.3) is 0 Å². The highest BCUT2D eigenvalue weighted by atomic mass is 79.9. The van der Waals surface area contributed by atoms with Gasteiger partial charge in [0.1, 0.15) is 10.7 Å². The molecule has 1 N–H and O–H groups in total. The van der Waals surface area contributed by atoms with Crippen LogP contribution in [0.3, 0.4) is 0 Å². The molecular formula is C10H6BrClFN3O2S. The minimum Gasteiger partial charge on any atom is -0.275 e. The van der Waals surface area contributed by atoms with Gasteiger partial charge in [-0.15, -0.1) is 0 Å². The van der Waals surface area contributed by atoms with E-state index in [0.717, 1.165) is 18.5 Å². The van der Waals surface area contributed by atoms with Crippen molar-refractivity contribution >= 4 is 43.2 Å². The Balaban J connectivity index is 2.39. The number of halogens is 3. The Morgan fingerprint density at radius 1 is 1.26 bits per heavy atom. The Morgan fingerprint density at radius 2 is 1.89 bits per heavy atom. The molecule has 0 fully saturated rings. The molecule has 0 aliphatic rings. The predicted molar refractivity (Wildman–Crippen MR) is 72.0 cm³/mol. The number of sulfonamides is 1. The molecule has 2 aromatic rings. The molecule has 1 aromatic carbocycles. The van der Waals surface area contributed by atoms with Crippen molar-refractivity contribution in [2.24, 2.45) is 0 Å². The maximum atomic E-state index is 13.6. The van der Waals surface area contributed by atoms with Gasteiger partial charge in [-0.1, -0.05) is 6.07 Å². The molecule has 0 bridgehead atoms. The zero-order chi connectivity index (χ0) is 14.0. The molecule has 0 radical (unpaired) electrons. The number of para-hydroxylation sites is 1. The number of aromatic nitrogens is 2. The average molecular weight is 367 g/mol. The van der Waals surface area contributed by atoms with Crippen LogP contribution in [-0.2, 0) is 10.0 Å². The van der Waals surface area contributed by atoms with E-state index in [2.05, 4.69) is 30.6 Å². The van der Waals surface area contributed by atoms with Crippen LogP contribution in [0, 0.1) is 5.82 Å². The standard InChI is InChI=1S/C10H6BrClFN3O2S/c11-7-2-1-3-8(13)9(7)16-19(17,18)6-4-14-10(12)15-5-6/h1-5,16H. The average Bonchev–Trinajstić information content (AvgIpc) is 2.35. The second-order valence-electron chi connectivity index (χ2n) is 3.39. The van der Waals surface area contributed by atoms with E-state index in [-0.39, 0.29) is 20.3 Å². The van der Waals surface area contributed by atoms with E-state index >= 15 is 0 Å². The van der Waals surface area contributed by atoms with Crippen LogP contribution < -0.4 is 4.72 Å². The van der Waals surface area contributed by atoms with Gasteiger partial charge >= 0.3 is 0 Å². The molecule has 0 saturated heterocycles. The lowest BCUT2D eigenvalue weighted by atomic mass is 10.3. The van der Waals surface area contributed by atoms with Crippen molar-refractivity contribution in [3.05, 3.63) is 46.2 Å². The van der Waals surface area contributed by atoms with Crippen LogP contribution in [0.4, 0.5) is 10.1 Å². The zero-order valence-corrected chi connectivity index (χ0v) is 12.3. The van der Waals surface area contributed by atoms with E-state index in [9.17, 15) is 12.8 Å². The summed E-state index contributed by atoms with van der Waals surface area (Å²) in [6, 6.07) is 4.10. The summed E-state index contributed by atoms with van der Waals surface area (Å²) in [4.78, 5) is 6.91. The molecule has 1 aromatic heterocycles. The highest BCUT2D eigenvalue weighted by Crippen LogP contribution is 2.27. The largest absolute Gasteiger partial charge is 0.275 e. The summed E-state index contributed by atoms with van der Waals surface area (Å²) in [6.07, 6.45) is 2.07. The van der Waals surface area contributed by atoms with E-state index in [4.69, 9.17) is 11.6 Å². The van der Waals surface area contributed by atoms with Crippen molar-refractivity contribution in [1.29, 1.82) is 0 Å². The summed E-state index contributed by atoms with van der Waals surface area (Å²) >= 11 is 8.53. The van der Waals surface area contributed by atoms with E-state index in [1.165, 1.54) is 12.1 Å². The molecule has 19 heavy (non-hydrogen) atoms. The maximum Gasteiger partial charge on any atom is 0.265 e. The van der Waals surface area contributed by atoms with Gasteiger partial charge in [0.15, 0.2) is 0 Å². The monoisotopic (exact) mass is 365 g/mol. The van der Waals surface area contributed by atoms with Crippen LogP contribution in [0.15, 0.2) is 40.0 Å². The molecule has 0 spiro atoms. The van der Waals surface area contributed by atoms with Crippen LogP contribution in [0.1, 0.15) is 0 Å². The van der Waals surface area contributed by atoms with Crippen molar-refractivity contribution in [2.75, 3.05) is 4.72 Å². The lowest BCUT2D eigenvalue weighted by Crippen LogP contribution is -2.15. The second kappa shape index (κ2) is 5.40. The lowest BCUT2D eigenvalue weighted by molar-refractivity contribution is 0.597. The van der Waals surface area contributed by atoms with Crippen molar-refractivity contribution in [3.8, 4) is 0 Å². The maximum absolute atomic E-state index is 13.6. The minimum atomic E-state index is -3.98. The summed E-state index contributed by atoms with van der Waals surface area (Å²) in [5.41, 5.74) is -0.183. The number of nitrogens with zero attached hydrogens (tertiary/aromatic N) is 2. The number of hydrogen-bond acceptors (Lipinski definition) is 4. The van der Waals surface area contributed by atoms with Gasteiger partial charge in [0, 0.05) is 4.47 Å². The molecule has 100 valence electrons. The first-order valence-electron chi connectivity index (χ1n) is 4.84. The van der Waals surface area contributed by atoms with Crippen molar-refractivity contribution < 1.29 is 12.8 Å². The van der Waals surface area contributed by atoms with Gasteiger partial charge in [0.05, 0.1) is 18.1 Å². The van der Waals surface area contributed by atoms with Gasteiger partial charge in [-0.2, -0.15) is 0 Å². The van der Waals surface area contributed by atoms with Crippen LogP contribution >= 0.6 is 27.5 Å². The Hall–Kier alpha value is -1.25. The fraction of sp³-hybridized carbons (Fsp3) is 0. The third kappa shape index (κ3) is 3.20. The van der Waals surface area contributed by atoms with Crippen molar-refractivity contribution in [2.45, 2.75) is 4.90 Å². The summed E-state index contributed by atoms with van der Waals surface area (Å²) < 4.78 is 39.9. The third-order valence-corrected chi connectivity index (χ3v) is 4.27. The number of hydrogen-bond donors (Lipinski definition) is 1. The predicted octanol–water partition coefficient (Wildman–Crippen LogP) is 2.83. The Bertz CT molecular complexity index is 689. The molecular weight excluding hydrogens is 361 g/mol. The molecule has 0 atom stereocenters. The lowest BCUT2D eigenvalue weighted by Gasteiger charge is -2.10. The summed E-state index contributed by atoms with van der Waals surface area (Å²) in [6.45, 7) is 0. The first-order chi connectivity index (χ1) is 8.90. The van der Waals surface area contributed by atoms with Crippen LogP contribution in [-0.4, -0.2) is 18.4 Å². The topological polar surface area (TPSA) is 72.0 Å². The fourth-order valence-corrected chi connectivity index (χ4v) is 2.87. The number of nitrogens with one attached hydrogen (secondary N) is 1. The van der Waals surface area contributed by atoms with Crippen molar-refractivity contribution in [3.63, 3.8) is 0 Å². The first kappa shape index (κ1) is 14.2. The summed E-state index contributed by atoms with van der Waals surface area (Å²) in [5.74, 6) is -0.701. The van der Waals surface area contributed by atoms with Gasteiger partial charge in [-0.05, 0) is 39.7 Å². The molecule has 5 nitrogen and oxygen atoms in total. The molecule has 0 aliphatic heterocycles. The fourth-order valence-electron chi connectivity index (χ4n) is 1.23. The van der Waals surface area contributed by atoms with Crippen LogP contribution in [0.2, 0.25) is 5.28 Å². The van der Waals surface area contributed by atoms with Gasteiger partial charge in [-0.25, -0.2) is 22.8 Å². The quantitative estimate of drug-likeness (QED) is 0.848. The molecule has 0 saturated carbocycles. The minimum absolute atomic E-state index is 0.0778. The van der Waals surface area contributed by atoms with Gasteiger partial charge in [0.2, 0.25) is 5.28 Å². The number of benzene rings is 1. The molecule has 9 heteroatoms. The normalized spacial score (nSPS) is 11.3. The van der Waals surface area contributed by atoms with E-state index < -0.39 is 15.8 Å².